The number of hydrogen-bond donors (Lipinski definition) is 1. The number of rotatable bonds is 3. The van der Waals surface area contributed by atoms with Crippen molar-refractivity contribution < 1.29 is 9.90 Å². The molecular weight excluding hydrogens is 218 g/mol. The van der Waals surface area contributed by atoms with E-state index in [0.29, 0.717) is 18.3 Å². The molecule has 2 heterocycles. The van der Waals surface area contributed by atoms with Crippen molar-refractivity contribution in [2.75, 3.05) is 11.4 Å². The van der Waals surface area contributed by atoms with Crippen LogP contribution in [-0.4, -0.2) is 33.6 Å². The van der Waals surface area contributed by atoms with Crippen LogP contribution in [0.3, 0.4) is 0 Å². The Morgan fingerprint density at radius 1 is 1.59 bits per heavy atom. The van der Waals surface area contributed by atoms with E-state index in [0.717, 1.165) is 18.7 Å². The highest BCUT2D eigenvalue weighted by Gasteiger charge is 2.32. The summed E-state index contributed by atoms with van der Waals surface area (Å²) in [5.41, 5.74) is 0.950. The molecule has 1 aromatic rings. The van der Waals surface area contributed by atoms with Crippen molar-refractivity contribution in [1.82, 2.24) is 9.97 Å². The summed E-state index contributed by atoms with van der Waals surface area (Å²) in [6.45, 7) is 4.84. The second kappa shape index (κ2) is 4.69. The van der Waals surface area contributed by atoms with Gasteiger partial charge in [-0.1, -0.05) is 13.8 Å². The Morgan fingerprint density at radius 2 is 2.35 bits per heavy atom. The minimum absolute atomic E-state index is 0.322. The van der Waals surface area contributed by atoms with Gasteiger partial charge in [0.25, 0.3) is 0 Å². The molecule has 5 heteroatoms. The average Bonchev–Trinajstić information content (AvgIpc) is 2.78. The van der Waals surface area contributed by atoms with Gasteiger partial charge in [-0.3, -0.25) is 0 Å². The van der Waals surface area contributed by atoms with Crippen molar-refractivity contribution >= 4 is 11.9 Å². The fraction of sp³-hybridized carbons (Fsp3) is 0.583. The molecule has 5 nitrogen and oxygen atoms in total. The first-order chi connectivity index (χ1) is 8.09. The predicted octanol–water partition coefficient (Wildman–Crippen LogP) is 1.65. The van der Waals surface area contributed by atoms with Gasteiger partial charge >= 0.3 is 5.97 Å². The van der Waals surface area contributed by atoms with Gasteiger partial charge in [0.2, 0.25) is 5.95 Å². The van der Waals surface area contributed by atoms with E-state index in [1.807, 2.05) is 6.07 Å². The highest BCUT2D eigenvalue weighted by molar-refractivity contribution is 5.78. The van der Waals surface area contributed by atoms with E-state index in [1.54, 1.807) is 11.1 Å². The summed E-state index contributed by atoms with van der Waals surface area (Å²) in [6.07, 6.45) is 3.26. The lowest BCUT2D eigenvalue weighted by Gasteiger charge is -2.21. The molecule has 1 fully saturated rings. The Hall–Kier alpha value is -1.65. The van der Waals surface area contributed by atoms with Crippen LogP contribution in [-0.2, 0) is 4.79 Å². The van der Waals surface area contributed by atoms with E-state index in [2.05, 4.69) is 23.8 Å². The number of carboxylic acid groups (broad SMARTS) is 1. The first-order valence-corrected chi connectivity index (χ1v) is 5.92. The summed E-state index contributed by atoms with van der Waals surface area (Å²) in [5.74, 6) is 0.0739. The number of carboxylic acids is 1. The maximum Gasteiger partial charge on any atom is 0.326 e. The second-order valence-electron chi connectivity index (χ2n) is 4.63. The fourth-order valence-corrected chi connectivity index (χ4v) is 2.08. The molecule has 0 aromatic carbocycles. The van der Waals surface area contributed by atoms with Gasteiger partial charge < -0.3 is 10.0 Å². The van der Waals surface area contributed by atoms with Crippen molar-refractivity contribution in [2.45, 2.75) is 38.6 Å². The molecule has 0 spiro atoms. The van der Waals surface area contributed by atoms with Crippen molar-refractivity contribution in [3.63, 3.8) is 0 Å². The molecule has 17 heavy (non-hydrogen) atoms. The largest absolute Gasteiger partial charge is 0.480 e. The van der Waals surface area contributed by atoms with Crippen LogP contribution in [0.1, 0.15) is 38.3 Å². The Bertz CT molecular complexity index is 420. The van der Waals surface area contributed by atoms with Crippen LogP contribution in [0.5, 0.6) is 0 Å². The molecular formula is C12H17N3O2. The summed E-state index contributed by atoms with van der Waals surface area (Å²) < 4.78 is 0. The van der Waals surface area contributed by atoms with Crippen molar-refractivity contribution in [3.8, 4) is 0 Å². The molecule has 0 amide bonds. The van der Waals surface area contributed by atoms with Crippen LogP contribution in [0.25, 0.3) is 0 Å². The monoisotopic (exact) mass is 235 g/mol. The fourth-order valence-electron chi connectivity index (χ4n) is 2.08. The first kappa shape index (κ1) is 11.8. The Balaban J connectivity index is 2.27. The maximum absolute atomic E-state index is 11.1. The molecule has 92 valence electrons. The lowest BCUT2D eigenvalue weighted by molar-refractivity contribution is -0.138. The molecule has 1 aliphatic rings. The number of aromatic nitrogens is 2. The summed E-state index contributed by atoms with van der Waals surface area (Å²) in [6, 6.07) is 1.40. The van der Waals surface area contributed by atoms with Crippen LogP contribution in [0.4, 0.5) is 5.95 Å². The third-order valence-electron chi connectivity index (χ3n) is 3.05. The lowest BCUT2D eigenvalue weighted by atomic mass is 10.1. The predicted molar refractivity (Wildman–Crippen MR) is 64.1 cm³/mol. The molecule has 1 aliphatic heterocycles. The molecule has 2 rings (SSSR count). The number of carbonyl (C=O) groups is 1. The van der Waals surface area contributed by atoms with E-state index in [9.17, 15) is 4.79 Å². The summed E-state index contributed by atoms with van der Waals surface area (Å²) in [5, 5.41) is 9.13. The van der Waals surface area contributed by atoms with Gasteiger partial charge in [0, 0.05) is 18.4 Å². The molecule has 0 radical (unpaired) electrons. The maximum atomic E-state index is 11.1. The minimum atomic E-state index is -0.791. The van der Waals surface area contributed by atoms with E-state index >= 15 is 0 Å². The van der Waals surface area contributed by atoms with Crippen molar-refractivity contribution in [2.24, 2.45) is 0 Å². The zero-order valence-corrected chi connectivity index (χ0v) is 10.1. The van der Waals surface area contributed by atoms with E-state index < -0.39 is 12.0 Å². The smallest absolute Gasteiger partial charge is 0.326 e. The molecule has 1 aromatic heterocycles. The minimum Gasteiger partial charge on any atom is -0.480 e. The van der Waals surface area contributed by atoms with Crippen LogP contribution < -0.4 is 4.90 Å². The highest BCUT2D eigenvalue weighted by atomic mass is 16.4. The molecule has 1 unspecified atom stereocenters. The number of anilines is 1. The van der Waals surface area contributed by atoms with Gasteiger partial charge in [0.15, 0.2) is 0 Å². The molecule has 1 N–H and O–H groups in total. The number of nitrogens with zero attached hydrogens (tertiary/aromatic N) is 3. The molecule has 0 saturated carbocycles. The van der Waals surface area contributed by atoms with Crippen LogP contribution in [0.15, 0.2) is 12.3 Å². The SMILES string of the molecule is CC(C)c1ccnc(N2CCCC2C(=O)O)n1. The van der Waals surface area contributed by atoms with Gasteiger partial charge in [-0.15, -0.1) is 0 Å². The van der Waals surface area contributed by atoms with Gasteiger partial charge in [-0.25, -0.2) is 14.8 Å². The van der Waals surface area contributed by atoms with Gasteiger partial charge in [-0.05, 0) is 24.8 Å². The third kappa shape index (κ3) is 2.38. The zero-order valence-electron chi connectivity index (χ0n) is 10.1. The van der Waals surface area contributed by atoms with Gasteiger partial charge in [-0.2, -0.15) is 0 Å². The van der Waals surface area contributed by atoms with Crippen molar-refractivity contribution in [1.29, 1.82) is 0 Å². The van der Waals surface area contributed by atoms with Crippen LogP contribution in [0, 0.1) is 0 Å². The highest BCUT2D eigenvalue weighted by Crippen LogP contribution is 2.23. The van der Waals surface area contributed by atoms with Gasteiger partial charge in [0.05, 0.1) is 0 Å². The number of hydrogen-bond acceptors (Lipinski definition) is 4. The van der Waals surface area contributed by atoms with E-state index in [1.165, 1.54) is 0 Å². The van der Waals surface area contributed by atoms with E-state index in [-0.39, 0.29) is 0 Å². The van der Waals surface area contributed by atoms with E-state index in [4.69, 9.17) is 5.11 Å². The van der Waals surface area contributed by atoms with Crippen LogP contribution in [0.2, 0.25) is 0 Å². The second-order valence-corrected chi connectivity index (χ2v) is 4.63. The normalized spacial score (nSPS) is 19.9. The summed E-state index contributed by atoms with van der Waals surface area (Å²) in [4.78, 5) is 21.5. The zero-order chi connectivity index (χ0) is 12.4. The topological polar surface area (TPSA) is 66.3 Å². The summed E-state index contributed by atoms with van der Waals surface area (Å²) >= 11 is 0. The molecule has 0 aliphatic carbocycles. The standard InChI is InChI=1S/C12H17N3O2/c1-8(2)9-5-6-13-12(14-9)15-7-3-4-10(15)11(16)17/h5-6,8,10H,3-4,7H2,1-2H3,(H,16,17). The lowest BCUT2D eigenvalue weighted by Crippen LogP contribution is -2.37. The molecule has 0 bridgehead atoms. The summed E-state index contributed by atoms with van der Waals surface area (Å²) in [7, 11) is 0. The Labute approximate surface area is 100 Å². The molecule has 1 saturated heterocycles. The van der Waals surface area contributed by atoms with Crippen molar-refractivity contribution in [3.05, 3.63) is 18.0 Å². The number of aliphatic carboxylic acids is 1. The average molecular weight is 235 g/mol. The molecule has 1 atom stereocenters. The Kier molecular flexibility index (Phi) is 3.26. The van der Waals surface area contributed by atoms with Gasteiger partial charge in [0.1, 0.15) is 6.04 Å². The first-order valence-electron chi connectivity index (χ1n) is 5.92. The van der Waals surface area contributed by atoms with Crippen LogP contribution >= 0.6 is 0 Å². The quantitative estimate of drug-likeness (QED) is 0.863. The third-order valence-corrected chi connectivity index (χ3v) is 3.05. The Morgan fingerprint density at radius 3 is 3.00 bits per heavy atom.